The fourth-order valence-corrected chi connectivity index (χ4v) is 11.8. The summed E-state index contributed by atoms with van der Waals surface area (Å²) < 4.78 is 5.65. The third kappa shape index (κ3) is 1.85. The lowest BCUT2D eigenvalue weighted by molar-refractivity contribution is -0.550. The van der Waals surface area contributed by atoms with E-state index < -0.39 is 7.41 Å². The molecule has 21 heavy (non-hydrogen) atoms. The normalized spacial score (nSPS) is 35.0. The second-order valence-corrected chi connectivity index (χ2v) is 12.8. The van der Waals surface area contributed by atoms with Crippen LogP contribution in [-0.4, -0.2) is 62.4 Å². The molecule has 0 aliphatic carbocycles. The third-order valence-corrected chi connectivity index (χ3v) is 12.3. The maximum absolute atomic E-state index is 2.95. The van der Waals surface area contributed by atoms with Crippen LogP contribution in [0.25, 0.3) is 0 Å². The topological polar surface area (TPSA) is 9.49 Å². The highest BCUT2D eigenvalue weighted by Crippen LogP contribution is 2.77. The predicted octanol–water partition coefficient (Wildman–Crippen LogP) is 3.65. The van der Waals surface area contributed by atoms with Gasteiger partial charge in [0, 0.05) is 19.8 Å². The van der Waals surface area contributed by atoms with E-state index in [2.05, 4.69) is 62.6 Å². The fourth-order valence-electron chi connectivity index (χ4n) is 5.45. The molecule has 0 N–H and O–H groups in total. The number of rotatable bonds is 2. The Morgan fingerprint density at radius 3 is 2.00 bits per heavy atom. The highest BCUT2D eigenvalue weighted by Gasteiger charge is 2.73. The van der Waals surface area contributed by atoms with Crippen molar-refractivity contribution in [1.82, 2.24) is 9.57 Å². The summed E-state index contributed by atoms with van der Waals surface area (Å²) in [6, 6.07) is 1.42. The smallest absolute Gasteiger partial charge is 0.262 e. The zero-order valence-electron chi connectivity index (χ0n) is 15.0. The van der Waals surface area contributed by atoms with Crippen LogP contribution in [0.4, 0.5) is 0 Å². The molecule has 0 unspecified atom stereocenters. The van der Waals surface area contributed by atoms with Gasteiger partial charge < -0.3 is 0 Å². The van der Waals surface area contributed by atoms with Gasteiger partial charge in [-0.05, 0) is 41.5 Å². The zero-order valence-corrected chi connectivity index (χ0v) is 15.9. The summed E-state index contributed by atoms with van der Waals surface area (Å²) in [6.07, 6.45) is 2.66. The summed E-state index contributed by atoms with van der Waals surface area (Å²) in [4.78, 5) is 2.81. The molecular weight excluding hydrogens is 277 g/mol. The Hall–Kier alpha value is -0.300. The molecule has 3 aliphatic heterocycles. The molecule has 0 saturated carbocycles. The van der Waals surface area contributed by atoms with E-state index >= 15 is 0 Å². The van der Waals surface area contributed by atoms with E-state index in [-0.39, 0.29) is 0 Å². The molecule has 4 heteroatoms. The van der Waals surface area contributed by atoms with Crippen molar-refractivity contribution < 1.29 is 4.58 Å². The van der Waals surface area contributed by atoms with Gasteiger partial charge in [-0.3, -0.25) is 4.58 Å². The first-order valence-electron chi connectivity index (χ1n) is 8.91. The van der Waals surface area contributed by atoms with Crippen LogP contribution in [0.3, 0.4) is 0 Å². The van der Waals surface area contributed by atoms with Crippen LogP contribution in [-0.2, 0) is 0 Å². The standard InChI is InChI=1S/C17H34N3P/c1-12(2)21(13(3)4)16(7)19-14(5)8-10-18-11-9-15(6)20(21)17(18)19/h12-16H,8-11H2,1-7H3/q+2/t14-,15-,16+/m0/s1. The summed E-state index contributed by atoms with van der Waals surface area (Å²) >= 11 is 0. The van der Waals surface area contributed by atoms with Gasteiger partial charge in [0.1, 0.15) is 6.04 Å². The lowest BCUT2D eigenvalue weighted by Crippen LogP contribution is -2.56. The third-order valence-electron chi connectivity index (χ3n) is 6.27. The molecular formula is C17H34N3P+2. The van der Waals surface area contributed by atoms with Gasteiger partial charge in [-0.15, -0.1) is 4.67 Å². The summed E-state index contributed by atoms with van der Waals surface area (Å²) in [5.74, 6) is 2.32. The van der Waals surface area contributed by atoms with E-state index in [0.717, 1.165) is 11.3 Å². The molecule has 0 amide bonds. The Labute approximate surface area is 131 Å². The highest BCUT2D eigenvalue weighted by atomic mass is 31.2. The molecule has 0 aromatic rings. The van der Waals surface area contributed by atoms with E-state index in [0.29, 0.717) is 17.9 Å². The molecule has 3 nitrogen and oxygen atoms in total. The van der Waals surface area contributed by atoms with Crippen molar-refractivity contribution in [1.29, 1.82) is 0 Å². The highest BCUT2D eigenvalue weighted by molar-refractivity contribution is 7.76. The van der Waals surface area contributed by atoms with E-state index in [4.69, 9.17) is 0 Å². The first kappa shape index (κ1) is 15.6. The summed E-state index contributed by atoms with van der Waals surface area (Å²) in [5.41, 5.74) is 1.56. The lowest BCUT2D eigenvalue weighted by Gasteiger charge is -2.39. The summed E-state index contributed by atoms with van der Waals surface area (Å²) in [7, 11) is -1.20. The van der Waals surface area contributed by atoms with Crippen LogP contribution < -0.4 is 0 Å². The van der Waals surface area contributed by atoms with Crippen LogP contribution in [0.2, 0.25) is 0 Å². The van der Waals surface area contributed by atoms with Gasteiger partial charge in [-0.1, -0.05) is 0 Å². The van der Waals surface area contributed by atoms with Crippen molar-refractivity contribution in [3.8, 4) is 0 Å². The second kappa shape index (κ2) is 5.11. The van der Waals surface area contributed by atoms with Crippen LogP contribution in [0.15, 0.2) is 0 Å². The Balaban J connectivity index is 2.22. The van der Waals surface area contributed by atoms with Gasteiger partial charge in [-0.2, -0.15) is 0 Å². The second-order valence-electron chi connectivity index (χ2n) is 7.93. The molecule has 0 radical (unpaired) electrons. The molecule has 1 fully saturated rings. The van der Waals surface area contributed by atoms with Gasteiger partial charge in [0.2, 0.25) is 5.78 Å². The first-order chi connectivity index (χ1) is 9.83. The van der Waals surface area contributed by atoms with Crippen molar-refractivity contribution in [3.05, 3.63) is 0 Å². The molecule has 3 rings (SSSR count). The Kier molecular flexibility index (Phi) is 3.80. The van der Waals surface area contributed by atoms with E-state index in [1.807, 2.05) is 0 Å². The Bertz CT molecular complexity index is 445. The van der Waals surface area contributed by atoms with Gasteiger partial charge in [0.25, 0.3) is 0 Å². The minimum absolute atomic E-state index is 0.707. The van der Waals surface area contributed by atoms with Crippen molar-refractivity contribution >= 4 is 13.4 Å². The van der Waals surface area contributed by atoms with Crippen LogP contribution in [0.1, 0.15) is 61.3 Å². The molecule has 3 heterocycles. The molecule has 3 atom stereocenters. The monoisotopic (exact) mass is 311 g/mol. The molecule has 120 valence electrons. The Morgan fingerprint density at radius 2 is 1.48 bits per heavy atom. The first-order valence-corrected chi connectivity index (χ1v) is 10.9. The molecule has 0 spiro atoms. The van der Waals surface area contributed by atoms with Crippen LogP contribution in [0.5, 0.6) is 0 Å². The van der Waals surface area contributed by atoms with Gasteiger partial charge in [0.05, 0.1) is 30.4 Å². The number of guanidine groups is 1. The zero-order chi connectivity index (χ0) is 15.5. The fraction of sp³-hybridized carbons (Fsp3) is 0.941. The maximum Gasteiger partial charge on any atom is 0.389 e. The summed E-state index contributed by atoms with van der Waals surface area (Å²) in [6.45, 7) is 19.9. The molecule has 1 saturated heterocycles. The maximum atomic E-state index is 2.95. The van der Waals surface area contributed by atoms with Crippen LogP contribution in [0, 0.1) is 0 Å². The quantitative estimate of drug-likeness (QED) is 0.569. The SMILES string of the molecule is CC(C)[P+]1(C(C)C)[C@H](C)N2C3=[N+](CC[C@@H]2C)CC[C@H](C)N31. The number of hydrogen-bond donors (Lipinski definition) is 0. The van der Waals surface area contributed by atoms with Crippen molar-refractivity contribution in [3.63, 3.8) is 0 Å². The molecule has 0 aromatic heterocycles. The minimum atomic E-state index is -1.20. The summed E-state index contributed by atoms with van der Waals surface area (Å²) in [5, 5.41) is 0. The van der Waals surface area contributed by atoms with E-state index in [1.165, 1.54) is 25.9 Å². The molecule has 0 aromatic carbocycles. The van der Waals surface area contributed by atoms with E-state index in [1.54, 1.807) is 5.96 Å². The van der Waals surface area contributed by atoms with Crippen LogP contribution >= 0.6 is 7.41 Å². The van der Waals surface area contributed by atoms with Crippen molar-refractivity contribution in [2.75, 3.05) is 13.1 Å². The average molecular weight is 311 g/mol. The largest absolute Gasteiger partial charge is 0.389 e. The van der Waals surface area contributed by atoms with Gasteiger partial charge in [-0.25, -0.2) is 4.90 Å². The minimum Gasteiger partial charge on any atom is -0.262 e. The number of hydrogen-bond acceptors (Lipinski definition) is 2. The lowest BCUT2D eigenvalue weighted by atomic mass is 10.1. The number of nitrogens with zero attached hydrogens (tertiary/aromatic N) is 3. The predicted molar refractivity (Wildman–Crippen MR) is 93.5 cm³/mol. The average Bonchev–Trinajstić information content (AvgIpc) is 2.69. The Morgan fingerprint density at radius 1 is 0.952 bits per heavy atom. The van der Waals surface area contributed by atoms with Gasteiger partial charge in [0.15, 0.2) is 7.41 Å². The molecule has 0 bridgehead atoms. The van der Waals surface area contributed by atoms with E-state index in [9.17, 15) is 0 Å². The van der Waals surface area contributed by atoms with Gasteiger partial charge >= 0.3 is 5.96 Å². The van der Waals surface area contributed by atoms with Crippen molar-refractivity contribution in [2.45, 2.75) is 90.5 Å². The molecule has 3 aliphatic rings. The van der Waals surface area contributed by atoms with Crippen molar-refractivity contribution in [2.24, 2.45) is 0 Å².